The monoisotopic (exact) mass is 223 g/mol. The number of nitrogens with two attached hydrogens (primary N) is 1. The lowest BCUT2D eigenvalue weighted by molar-refractivity contribution is -0.121. The average molecular weight is 223 g/mol. The van der Waals surface area contributed by atoms with Gasteiger partial charge in [-0.3, -0.25) is 9.59 Å². The second-order valence-corrected chi connectivity index (χ2v) is 4.31. The van der Waals surface area contributed by atoms with Crippen molar-refractivity contribution in [2.24, 2.45) is 5.73 Å². The van der Waals surface area contributed by atoms with Gasteiger partial charge in [0.1, 0.15) is 5.03 Å². The molecule has 5 nitrogen and oxygen atoms in total. The number of aromatic nitrogens is 1. The van der Waals surface area contributed by atoms with Crippen molar-refractivity contribution in [2.45, 2.75) is 16.7 Å². The van der Waals surface area contributed by atoms with E-state index >= 15 is 0 Å². The van der Waals surface area contributed by atoms with Crippen molar-refractivity contribution >= 4 is 29.3 Å². The summed E-state index contributed by atoms with van der Waals surface area (Å²) in [6, 6.07) is 3.52. The highest BCUT2D eigenvalue weighted by Crippen LogP contribution is 2.34. The highest BCUT2D eigenvalue weighted by Gasteiger charge is 2.28. The first kappa shape index (κ1) is 9.97. The van der Waals surface area contributed by atoms with E-state index in [9.17, 15) is 9.59 Å². The molecule has 0 saturated carbocycles. The van der Waals surface area contributed by atoms with E-state index in [-0.39, 0.29) is 12.3 Å². The molecule has 3 N–H and O–H groups in total. The van der Waals surface area contributed by atoms with Gasteiger partial charge in [-0.05, 0) is 12.1 Å². The van der Waals surface area contributed by atoms with Crippen LogP contribution in [0.3, 0.4) is 0 Å². The van der Waals surface area contributed by atoms with Gasteiger partial charge in [-0.2, -0.15) is 0 Å². The van der Waals surface area contributed by atoms with E-state index in [1.807, 2.05) is 0 Å². The van der Waals surface area contributed by atoms with Gasteiger partial charge in [0.15, 0.2) is 0 Å². The van der Waals surface area contributed by atoms with Crippen LogP contribution in [-0.4, -0.2) is 22.0 Å². The highest BCUT2D eigenvalue weighted by atomic mass is 32.2. The van der Waals surface area contributed by atoms with Crippen LogP contribution in [0.25, 0.3) is 0 Å². The lowest BCUT2D eigenvalue weighted by atomic mass is 10.2. The average Bonchev–Trinajstić information content (AvgIpc) is 2.18. The largest absolute Gasteiger partial charge is 0.370 e. The molecule has 6 heteroatoms. The number of fused-ring (bicyclic) bond motifs is 1. The summed E-state index contributed by atoms with van der Waals surface area (Å²) in [4.78, 5) is 26.4. The zero-order chi connectivity index (χ0) is 10.8. The van der Waals surface area contributed by atoms with Crippen LogP contribution in [0.4, 0.5) is 5.69 Å². The Morgan fingerprint density at radius 1 is 1.67 bits per heavy atom. The minimum absolute atomic E-state index is 0.0342. The molecule has 78 valence electrons. The molecule has 2 rings (SSSR count). The van der Waals surface area contributed by atoms with E-state index in [0.29, 0.717) is 5.69 Å². The third-order valence-corrected chi connectivity index (χ3v) is 3.18. The summed E-state index contributed by atoms with van der Waals surface area (Å²) < 4.78 is 0. The van der Waals surface area contributed by atoms with E-state index in [4.69, 9.17) is 5.73 Å². The minimum atomic E-state index is -0.484. The number of carbonyl (C=O) groups excluding carboxylic acids is 2. The lowest BCUT2D eigenvalue weighted by Gasteiger charge is -2.21. The Hall–Kier alpha value is -1.56. The number of primary amides is 1. The zero-order valence-electron chi connectivity index (χ0n) is 7.77. The fourth-order valence-electron chi connectivity index (χ4n) is 1.30. The normalized spacial score (nSPS) is 19.2. The summed E-state index contributed by atoms with van der Waals surface area (Å²) in [5, 5.41) is 2.94. The number of amides is 2. The molecular formula is C9H9N3O2S. The standard InChI is InChI=1S/C9H9N3O2S/c10-7(13)4-6-8(14)12-5-2-1-3-11-9(5)15-6/h1-3,6H,4H2,(H2,10,13)(H,12,14). The molecule has 0 aromatic carbocycles. The molecule has 1 aliphatic heterocycles. The predicted molar refractivity (Wildman–Crippen MR) is 56.3 cm³/mol. The van der Waals surface area contributed by atoms with Crippen molar-refractivity contribution in [1.82, 2.24) is 4.98 Å². The van der Waals surface area contributed by atoms with Gasteiger partial charge >= 0.3 is 0 Å². The third-order valence-electron chi connectivity index (χ3n) is 1.96. The van der Waals surface area contributed by atoms with Crippen molar-refractivity contribution < 1.29 is 9.59 Å². The SMILES string of the molecule is NC(=O)CC1Sc2ncccc2NC1=O. The molecule has 1 aliphatic rings. The van der Waals surface area contributed by atoms with Crippen LogP contribution in [0, 0.1) is 0 Å². The van der Waals surface area contributed by atoms with Crippen LogP contribution in [-0.2, 0) is 9.59 Å². The smallest absolute Gasteiger partial charge is 0.238 e. The molecule has 2 amide bonds. The molecule has 2 heterocycles. The molecule has 1 atom stereocenters. The van der Waals surface area contributed by atoms with Gasteiger partial charge in [-0.25, -0.2) is 4.98 Å². The van der Waals surface area contributed by atoms with Crippen molar-refractivity contribution in [1.29, 1.82) is 0 Å². The summed E-state index contributed by atoms with van der Waals surface area (Å²) in [5.41, 5.74) is 5.74. The maximum atomic E-state index is 11.5. The van der Waals surface area contributed by atoms with Gasteiger partial charge in [0.2, 0.25) is 11.8 Å². The topological polar surface area (TPSA) is 85.1 Å². The van der Waals surface area contributed by atoms with Crippen LogP contribution in [0.2, 0.25) is 0 Å². The highest BCUT2D eigenvalue weighted by molar-refractivity contribution is 8.00. The predicted octanol–water partition coefficient (Wildman–Crippen LogP) is 0.370. The molecular weight excluding hydrogens is 214 g/mol. The maximum absolute atomic E-state index is 11.5. The zero-order valence-corrected chi connectivity index (χ0v) is 8.58. The van der Waals surface area contributed by atoms with Gasteiger partial charge in [-0.15, -0.1) is 0 Å². The van der Waals surface area contributed by atoms with E-state index in [0.717, 1.165) is 5.03 Å². The minimum Gasteiger partial charge on any atom is -0.370 e. The Bertz CT molecular complexity index is 422. The molecule has 0 radical (unpaired) electrons. The fourth-order valence-corrected chi connectivity index (χ4v) is 2.35. The second-order valence-electron chi connectivity index (χ2n) is 3.12. The number of nitrogens with zero attached hydrogens (tertiary/aromatic N) is 1. The number of thioether (sulfide) groups is 1. The number of pyridine rings is 1. The lowest BCUT2D eigenvalue weighted by Crippen LogP contribution is -2.32. The summed E-state index contributed by atoms with van der Waals surface area (Å²) in [7, 11) is 0. The van der Waals surface area contributed by atoms with Crippen molar-refractivity contribution in [2.75, 3.05) is 5.32 Å². The van der Waals surface area contributed by atoms with E-state index in [1.165, 1.54) is 11.8 Å². The molecule has 0 aliphatic carbocycles. The first-order chi connectivity index (χ1) is 7.16. The van der Waals surface area contributed by atoms with Crippen LogP contribution in [0.15, 0.2) is 23.4 Å². The Morgan fingerprint density at radius 3 is 3.20 bits per heavy atom. The quantitative estimate of drug-likeness (QED) is 0.758. The molecule has 1 aromatic rings. The van der Waals surface area contributed by atoms with Crippen molar-refractivity contribution in [3.8, 4) is 0 Å². The van der Waals surface area contributed by atoms with Gasteiger partial charge in [0.05, 0.1) is 10.9 Å². The number of nitrogens with one attached hydrogen (secondary N) is 1. The molecule has 15 heavy (non-hydrogen) atoms. The Balaban J connectivity index is 2.22. The maximum Gasteiger partial charge on any atom is 0.238 e. The third kappa shape index (κ3) is 2.10. The first-order valence-electron chi connectivity index (χ1n) is 4.37. The van der Waals surface area contributed by atoms with Gasteiger partial charge < -0.3 is 11.1 Å². The van der Waals surface area contributed by atoms with Crippen molar-refractivity contribution in [3.63, 3.8) is 0 Å². The van der Waals surface area contributed by atoms with Gasteiger partial charge in [0, 0.05) is 12.6 Å². The number of carbonyl (C=O) groups is 2. The van der Waals surface area contributed by atoms with Crippen LogP contribution < -0.4 is 11.1 Å². The molecule has 0 bridgehead atoms. The molecule has 1 aromatic heterocycles. The summed E-state index contributed by atoms with van der Waals surface area (Å²) >= 11 is 1.27. The van der Waals surface area contributed by atoms with Crippen LogP contribution in [0.5, 0.6) is 0 Å². The van der Waals surface area contributed by atoms with E-state index in [1.54, 1.807) is 18.3 Å². The molecule has 0 saturated heterocycles. The summed E-state index contributed by atoms with van der Waals surface area (Å²) in [5.74, 6) is -0.679. The molecule has 0 fully saturated rings. The van der Waals surface area contributed by atoms with E-state index < -0.39 is 11.2 Å². The van der Waals surface area contributed by atoms with Crippen LogP contribution in [0.1, 0.15) is 6.42 Å². The Morgan fingerprint density at radius 2 is 2.47 bits per heavy atom. The van der Waals surface area contributed by atoms with Crippen molar-refractivity contribution in [3.05, 3.63) is 18.3 Å². The number of hydrogen-bond donors (Lipinski definition) is 2. The molecule has 1 unspecified atom stereocenters. The van der Waals surface area contributed by atoms with Gasteiger partial charge in [0.25, 0.3) is 0 Å². The van der Waals surface area contributed by atoms with Crippen LogP contribution >= 0.6 is 11.8 Å². The number of rotatable bonds is 2. The first-order valence-corrected chi connectivity index (χ1v) is 5.25. The number of anilines is 1. The van der Waals surface area contributed by atoms with E-state index in [2.05, 4.69) is 10.3 Å². The Labute approximate surface area is 90.4 Å². The second kappa shape index (κ2) is 3.90. The summed E-state index contributed by atoms with van der Waals surface area (Å²) in [6.07, 6.45) is 1.68. The van der Waals surface area contributed by atoms with Gasteiger partial charge in [-0.1, -0.05) is 11.8 Å². The molecule has 0 spiro atoms. The summed E-state index contributed by atoms with van der Waals surface area (Å²) in [6.45, 7) is 0. The fraction of sp³-hybridized carbons (Fsp3) is 0.222. The number of hydrogen-bond acceptors (Lipinski definition) is 4. The Kier molecular flexibility index (Phi) is 2.59.